The van der Waals surface area contributed by atoms with Crippen LogP contribution in [-0.2, 0) is 17.8 Å². The molecule has 3 rings (SSSR count). The van der Waals surface area contributed by atoms with Gasteiger partial charge in [-0.3, -0.25) is 4.79 Å². The second-order valence-electron chi connectivity index (χ2n) is 5.75. The molecule has 0 aliphatic carbocycles. The molecule has 0 fully saturated rings. The lowest BCUT2D eigenvalue weighted by atomic mass is 10.1. The number of anilines is 1. The summed E-state index contributed by atoms with van der Waals surface area (Å²) in [5.74, 6) is 1.19. The molecule has 0 spiro atoms. The Morgan fingerprint density at radius 1 is 1.16 bits per heavy atom. The van der Waals surface area contributed by atoms with E-state index in [1.165, 1.54) is 0 Å². The number of rotatable bonds is 6. The quantitative estimate of drug-likeness (QED) is 0.745. The number of carbonyl (C=O) groups is 1. The largest absolute Gasteiger partial charge is 0.484 e. The molecular formula is C19H19N3O3. The standard InChI is InChI=1S/C19H19N3O3/c1-13-8-9-14(2)16(10-13)20-18(23)11-17-21-19(25-22-17)12-24-15-6-4-3-5-7-15/h3-10H,11-12H2,1-2H3,(H,20,23). The Morgan fingerprint density at radius 3 is 2.76 bits per heavy atom. The van der Waals surface area contributed by atoms with Gasteiger partial charge in [0.25, 0.3) is 5.89 Å². The van der Waals surface area contributed by atoms with Crippen molar-refractivity contribution in [2.75, 3.05) is 5.32 Å². The highest BCUT2D eigenvalue weighted by Crippen LogP contribution is 2.16. The lowest BCUT2D eigenvalue weighted by molar-refractivity contribution is -0.115. The van der Waals surface area contributed by atoms with Crippen molar-refractivity contribution in [1.82, 2.24) is 10.1 Å². The summed E-state index contributed by atoms with van der Waals surface area (Å²) >= 11 is 0. The number of hydrogen-bond donors (Lipinski definition) is 1. The van der Waals surface area contributed by atoms with Gasteiger partial charge in [0.1, 0.15) is 5.75 Å². The molecule has 0 radical (unpaired) electrons. The Balaban J connectivity index is 1.55. The number of hydrogen-bond acceptors (Lipinski definition) is 5. The molecule has 0 saturated carbocycles. The van der Waals surface area contributed by atoms with Gasteiger partial charge in [-0.2, -0.15) is 4.98 Å². The summed E-state index contributed by atoms with van der Waals surface area (Å²) < 4.78 is 10.7. The van der Waals surface area contributed by atoms with Gasteiger partial charge in [-0.05, 0) is 43.2 Å². The summed E-state index contributed by atoms with van der Waals surface area (Å²) in [6, 6.07) is 15.3. The number of amides is 1. The lowest BCUT2D eigenvalue weighted by Crippen LogP contribution is -2.16. The zero-order valence-corrected chi connectivity index (χ0v) is 14.2. The predicted molar refractivity (Wildman–Crippen MR) is 93.3 cm³/mol. The first kappa shape index (κ1) is 16.7. The number of aryl methyl sites for hydroxylation is 2. The minimum absolute atomic E-state index is 0.0439. The first-order valence-corrected chi connectivity index (χ1v) is 7.96. The van der Waals surface area contributed by atoms with E-state index in [1.54, 1.807) is 0 Å². The van der Waals surface area contributed by atoms with Crippen molar-refractivity contribution >= 4 is 11.6 Å². The molecule has 1 heterocycles. The van der Waals surface area contributed by atoms with E-state index in [9.17, 15) is 4.79 Å². The van der Waals surface area contributed by atoms with Gasteiger partial charge >= 0.3 is 0 Å². The van der Waals surface area contributed by atoms with Gasteiger partial charge < -0.3 is 14.6 Å². The van der Waals surface area contributed by atoms with Gasteiger partial charge in [-0.25, -0.2) is 0 Å². The van der Waals surface area contributed by atoms with E-state index in [0.717, 1.165) is 22.6 Å². The molecule has 0 aliphatic heterocycles. The first-order valence-electron chi connectivity index (χ1n) is 7.96. The summed E-state index contributed by atoms with van der Waals surface area (Å²) in [6.07, 6.45) is 0.0439. The van der Waals surface area contributed by atoms with Crippen LogP contribution in [0.25, 0.3) is 0 Å². The highest BCUT2D eigenvalue weighted by Gasteiger charge is 2.12. The maximum absolute atomic E-state index is 12.2. The first-order chi connectivity index (χ1) is 12.1. The maximum atomic E-state index is 12.2. The highest BCUT2D eigenvalue weighted by atomic mass is 16.5. The zero-order valence-electron chi connectivity index (χ0n) is 14.2. The summed E-state index contributed by atoms with van der Waals surface area (Å²) in [7, 11) is 0. The minimum atomic E-state index is -0.190. The van der Waals surface area contributed by atoms with E-state index in [4.69, 9.17) is 9.26 Å². The van der Waals surface area contributed by atoms with Gasteiger partial charge in [-0.1, -0.05) is 35.5 Å². The topological polar surface area (TPSA) is 77.2 Å². The molecule has 6 heteroatoms. The lowest BCUT2D eigenvalue weighted by Gasteiger charge is -2.08. The third-order valence-electron chi connectivity index (χ3n) is 3.60. The maximum Gasteiger partial charge on any atom is 0.264 e. The zero-order chi connectivity index (χ0) is 17.6. The fourth-order valence-corrected chi connectivity index (χ4v) is 2.29. The van der Waals surface area contributed by atoms with Crippen molar-refractivity contribution in [3.8, 4) is 5.75 Å². The van der Waals surface area contributed by atoms with Gasteiger partial charge in [0.2, 0.25) is 5.91 Å². The third kappa shape index (κ3) is 4.67. The molecular weight excluding hydrogens is 318 g/mol. The van der Waals surface area contributed by atoms with Crippen molar-refractivity contribution in [3.63, 3.8) is 0 Å². The Hall–Kier alpha value is -3.15. The number of benzene rings is 2. The minimum Gasteiger partial charge on any atom is -0.484 e. The van der Waals surface area contributed by atoms with E-state index >= 15 is 0 Å². The molecule has 1 amide bonds. The number of ether oxygens (including phenoxy) is 1. The van der Waals surface area contributed by atoms with E-state index in [1.807, 2.05) is 62.4 Å². The number of carbonyl (C=O) groups excluding carboxylic acids is 1. The van der Waals surface area contributed by atoms with Crippen LogP contribution in [-0.4, -0.2) is 16.0 Å². The van der Waals surface area contributed by atoms with Crippen LogP contribution in [0.3, 0.4) is 0 Å². The van der Waals surface area contributed by atoms with Crippen LogP contribution in [0.4, 0.5) is 5.69 Å². The SMILES string of the molecule is Cc1ccc(C)c(NC(=O)Cc2noc(COc3ccccc3)n2)c1. The molecule has 0 atom stereocenters. The molecule has 3 aromatic rings. The molecule has 0 aliphatic rings. The summed E-state index contributed by atoms with van der Waals surface area (Å²) in [6.45, 7) is 4.09. The second-order valence-corrected chi connectivity index (χ2v) is 5.75. The van der Waals surface area contributed by atoms with Crippen molar-refractivity contribution in [2.45, 2.75) is 26.9 Å². The van der Waals surface area contributed by atoms with Crippen LogP contribution < -0.4 is 10.1 Å². The van der Waals surface area contributed by atoms with Gasteiger partial charge in [0, 0.05) is 5.69 Å². The molecule has 0 saturated heterocycles. The Kier molecular flexibility index (Phi) is 5.09. The average Bonchev–Trinajstić information content (AvgIpc) is 3.04. The Labute approximate surface area is 145 Å². The average molecular weight is 337 g/mol. The molecule has 2 aromatic carbocycles. The number of nitrogens with one attached hydrogen (secondary N) is 1. The molecule has 6 nitrogen and oxygen atoms in total. The van der Waals surface area contributed by atoms with Crippen molar-refractivity contribution < 1.29 is 14.1 Å². The van der Waals surface area contributed by atoms with E-state index in [2.05, 4.69) is 15.5 Å². The predicted octanol–water partition coefficient (Wildman–Crippen LogP) is 3.45. The van der Waals surface area contributed by atoms with Gasteiger partial charge in [-0.15, -0.1) is 0 Å². The number of nitrogens with zero attached hydrogens (tertiary/aromatic N) is 2. The van der Waals surface area contributed by atoms with Crippen molar-refractivity contribution in [3.05, 3.63) is 71.4 Å². The fraction of sp³-hybridized carbons (Fsp3) is 0.211. The van der Waals surface area contributed by atoms with Crippen LogP contribution >= 0.6 is 0 Å². The number of aromatic nitrogens is 2. The number of para-hydroxylation sites is 1. The van der Waals surface area contributed by atoms with Crippen LogP contribution in [0.15, 0.2) is 53.1 Å². The van der Waals surface area contributed by atoms with Crippen molar-refractivity contribution in [1.29, 1.82) is 0 Å². The van der Waals surface area contributed by atoms with E-state index in [0.29, 0.717) is 11.7 Å². The van der Waals surface area contributed by atoms with Crippen molar-refractivity contribution in [2.24, 2.45) is 0 Å². The molecule has 0 bridgehead atoms. The fourth-order valence-electron chi connectivity index (χ4n) is 2.29. The van der Waals surface area contributed by atoms with Crippen LogP contribution in [0, 0.1) is 13.8 Å². The third-order valence-corrected chi connectivity index (χ3v) is 3.60. The van der Waals surface area contributed by atoms with Gasteiger partial charge in [0.05, 0.1) is 6.42 Å². The van der Waals surface area contributed by atoms with Crippen LogP contribution in [0.5, 0.6) is 5.75 Å². The van der Waals surface area contributed by atoms with Gasteiger partial charge in [0.15, 0.2) is 12.4 Å². The monoisotopic (exact) mass is 337 g/mol. The normalized spacial score (nSPS) is 10.5. The summed E-state index contributed by atoms with van der Waals surface area (Å²) in [4.78, 5) is 16.4. The Morgan fingerprint density at radius 2 is 1.96 bits per heavy atom. The molecule has 25 heavy (non-hydrogen) atoms. The van der Waals surface area contributed by atoms with Crippen LogP contribution in [0.2, 0.25) is 0 Å². The van der Waals surface area contributed by atoms with E-state index in [-0.39, 0.29) is 18.9 Å². The van der Waals surface area contributed by atoms with Crippen LogP contribution in [0.1, 0.15) is 22.8 Å². The smallest absolute Gasteiger partial charge is 0.264 e. The second kappa shape index (κ2) is 7.61. The highest BCUT2D eigenvalue weighted by molar-refractivity contribution is 5.92. The van der Waals surface area contributed by atoms with E-state index < -0.39 is 0 Å². The Bertz CT molecular complexity index is 859. The molecule has 0 unspecified atom stereocenters. The molecule has 1 N–H and O–H groups in total. The molecule has 1 aromatic heterocycles. The summed E-state index contributed by atoms with van der Waals surface area (Å²) in [5, 5.41) is 6.70. The molecule has 128 valence electrons. The summed E-state index contributed by atoms with van der Waals surface area (Å²) in [5.41, 5.74) is 2.88.